The molecule has 0 aromatic rings. The second-order valence-electron chi connectivity index (χ2n) is 3.98. The van der Waals surface area contributed by atoms with E-state index in [9.17, 15) is 4.79 Å². The SMILES string of the molecule is CCCCCCCC/C=C/C(=O)N(C)OC. The standard InChI is InChI=1S/C13H25NO2/c1-4-5-6-7-8-9-10-11-12-13(15)14(2)16-3/h11-12H,4-10H2,1-3H3/b12-11+. The average Bonchev–Trinajstić information content (AvgIpc) is 2.31. The molecule has 0 rings (SSSR count). The van der Waals surface area contributed by atoms with Crippen molar-refractivity contribution in [3.05, 3.63) is 12.2 Å². The third kappa shape index (κ3) is 8.48. The maximum atomic E-state index is 11.3. The highest BCUT2D eigenvalue weighted by Crippen LogP contribution is 2.07. The van der Waals surface area contributed by atoms with E-state index in [0.717, 1.165) is 6.42 Å². The van der Waals surface area contributed by atoms with Gasteiger partial charge in [-0.05, 0) is 12.8 Å². The van der Waals surface area contributed by atoms with E-state index in [1.54, 1.807) is 13.1 Å². The average molecular weight is 227 g/mol. The van der Waals surface area contributed by atoms with Crippen molar-refractivity contribution in [2.24, 2.45) is 0 Å². The van der Waals surface area contributed by atoms with Crippen molar-refractivity contribution in [2.45, 2.75) is 51.9 Å². The highest BCUT2D eigenvalue weighted by atomic mass is 16.7. The van der Waals surface area contributed by atoms with Crippen LogP contribution in [0.3, 0.4) is 0 Å². The molecular formula is C13H25NO2. The number of allylic oxidation sites excluding steroid dienone is 1. The summed E-state index contributed by atoms with van der Waals surface area (Å²) in [6, 6.07) is 0. The molecule has 16 heavy (non-hydrogen) atoms. The van der Waals surface area contributed by atoms with Crippen molar-refractivity contribution in [2.75, 3.05) is 14.2 Å². The predicted octanol–water partition coefficient (Wildman–Crippen LogP) is 3.31. The molecule has 0 saturated heterocycles. The van der Waals surface area contributed by atoms with E-state index >= 15 is 0 Å². The van der Waals surface area contributed by atoms with Crippen LogP contribution in [0.1, 0.15) is 51.9 Å². The quantitative estimate of drug-likeness (QED) is 0.343. The molecule has 0 aliphatic carbocycles. The summed E-state index contributed by atoms with van der Waals surface area (Å²) >= 11 is 0. The molecule has 0 saturated carbocycles. The molecule has 94 valence electrons. The number of hydrogen-bond donors (Lipinski definition) is 0. The lowest BCUT2D eigenvalue weighted by molar-refractivity contribution is -0.162. The Morgan fingerprint density at radius 3 is 2.44 bits per heavy atom. The lowest BCUT2D eigenvalue weighted by Crippen LogP contribution is -2.22. The van der Waals surface area contributed by atoms with Crippen molar-refractivity contribution in [1.82, 2.24) is 5.06 Å². The van der Waals surface area contributed by atoms with Crippen molar-refractivity contribution < 1.29 is 9.63 Å². The van der Waals surface area contributed by atoms with Gasteiger partial charge in [-0.1, -0.05) is 45.1 Å². The minimum Gasteiger partial charge on any atom is -0.274 e. The summed E-state index contributed by atoms with van der Waals surface area (Å²) < 4.78 is 0. The molecule has 0 spiro atoms. The lowest BCUT2D eigenvalue weighted by atomic mass is 10.1. The Labute approximate surface area is 99.4 Å². The molecule has 3 nitrogen and oxygen atoms in total. The van der Waals surface area contributed by atoms with Crippen LogP contribution in [0.15, 0.2) is 12.2 Å². The summed E-state index contributed by atoms with van der Waals surface area (Å²) in [5.41, 5.74) is 0. The summed E-state index contributed by atoms with van der Waals surface area (Å²) in [7, 11) is 3.09. The predicted molar refractivity (Wildman–Crippen MR) is 66.9 cm³/mol. The summed E-state index contributed by atoms with van der Waals surface area (Å²) in [5.74, 6) is -0.103. The summed E-state index contributed by atoms with van der Waals surface area (Å²) in [6.45, 7) is 2.22. The number of nitrogens with zero attached hydrogens (tertiary/aromatic N) is 1. The van der Waals surface area contributed by atoms with Gasteiger partial charge in [0.05, 0.1) is 7.11 Å². The van der Waals surface area contributed by atoms with E-state index in [4.69, 9.17) is 4.84 Å². The van der Waals surface area contributed by atoms with Crippen molar-refractivity contribution >= 4 is 5.91 Å². The smallest absolute Gasteiger partial charge is 0.269 e. The van der Waals surface area contributed by atoms with Gasteiger partial charge in [-0.15, -0.1) is 0 Å². The fourth-order valence-electron chi connectivity index (χ4n) is 1.42. The molecule has 0 radical (unpaired) electrons. The number of carbonyl (C=O) groups is 1. The van der Waals surface area contributed by atoms with Crippen molar-refractivity contribution in [3.8, 4) is 0 Å². The van der Waals surface area contributed by atoms with Gasteiger partial charge < -0.3 is 0 Å². The molecule has 0 unspecified atom stereocenters. The van der Waals surface area contributed by atoms with Crippen LogP contribution in [-0.2, 0) is 9.63 Å². The van der Waals surface area contributed by atoms with Gasteiger partial charge in [0.15, 0.2) is 0 Å². The largest absolute Gasteiger partial charge is 0.274 e. The molecule has 3 heteroatoms. The molecule has 0 aromatic heterocycles. The fourth-order valence-corrected chi connectivity index (χ4v) is 1.42. The molecule has 0 heterocycles. The van der Waals surface area contributed by atoms with E-state index in [0.29, 0.717) is 0 Å². The second kappa shape index (κ2) is 10.7. The maximum Gasteiger partial charge on any atom is 0.269 e. The van der Waals surface area contributed by atoms with Gasteiger partial charge in [-0.25, -0.2) is 5.06 Å². The summed E-state index contributed by atoms with van der Waals surface area (Å²) in [6.07, 6.45) is 12.2. The number of amides is 1. The highest BCUT2D eigenvalue weighted by molar-refractivity contribution is 5.86. The van der Waals surface area contributed by atoms with Gasteiger partial charge in [0.2, 0.25) is 0 Å². The Kier molecular flexibility index (Phi) is 10.1. The molecule has 0 atom stereocenters. The van der Waals surface area contributed by atoms with E-state index in [1.165, 1.54) is 50.7 Å². The van der Waals surface area contributed by atoms with Crippen LogP contribution in [0.25, 0.3) is 0 Å². The highest BCUT2D eigenvalue weighted by Gasteiger charge is 2.00. The molecule has 0 fully saturated rings. The molecular weight excluding hydrogens is 202 g/mol. The Hall–Kier alpha value is -0.830. The van der Waals surface area contributed by atoms with Crippen LogP contribution in [0, 0.1) is 0 Å². The molecule has 1 amide bonds. The van der Waals surface area contributed by atoms with Gasteiger partial charge in [0, 0.05) is 13.1 Å². The first-order valence-electron chi connectivity index (χ1n) is 6.20. The topological polar surface area (TPSA) is 29.5 Å². The number of hydrogen-bond acceptors (Lipinski definition) is 2. The Morgan fingerprint density at radius 2 is 1.81 bits per heavy atom. The third-order valence-corrected chi connectivity index (χ3v) is 2.57. The number of unbranched alkanes of at least 4 members (excludes halogenated alkanes) is 6. The first-order valence-corrected chi connectivity index (χ1v) is 6.20. The van der Waals surface area contributed by atoms with Gasteiger partial charge in [-0.2, -0.15) is 0 Å². The molecule has 0 N–H and O–H groups in total. The van der Waals surface area contributed by atoms with Crippen LogP contribution in [0.4, 0.5) is 0 Å². The Balaban J connectivity index is 3.37. The van der Waals surface area contributed by atoms with Crippen LogP contribution in [-0.4, -0.2) is 25.1 Å². The van der Waals surface area contributed by atoms with E-state index in [2.05, 4.69) is 6.92 Å². The van der Waals surface area contributed by atoms with E-state index in [-0.39, 0.29) is 5.91 Å². The van der Waals surface area contributed by atoms with E-state index < -0.39 is 0 Å². The molecule has 0 bridgehead atoms. The lowest BCUT2D eigenvalue weighted by Gasteiger charge is -2.09. The number of hydroxylamine groups is 2. The second-order valence-corrected chi connectivity index (χ2v) is 3.98. The van der Waals surface area contributed by atoms with Gasteiger partial charge >= 0.3 is 0 Å². The first kappa shape index (κ1) is 15.2. The van der Waals surface area contributed by atoms with Gasteiger partial charge in [0.25, 0.3) is 5.91 Å². The van der Waals surface area contributed by atoms with Crippen LogP contribution < -0.4 is 0 Å². The first-order chi connectivity index (χ1) is 7.72. The third-order valence-electron chi connectivity index (χ3n) is 2.57. The molecule has 0 aromatic carbocycles. The van der Waals surface area contributed by atoms with E-state index in [1.807, 2.05) is 6.08 Å². The van der Waals surface area contributed by atoms with Gasteiger partial charge in [-0.3, -0.25) is 9.63 Å². The van der Waals surface area contributed by atoms with Crippen LogP contribution >= 0.6 is 0 Å². The number of carbonyl (C=O) groups excluding carboxylic acids is 1. The van der Waals surface area contributed by atoms with Crippen molar-refractivity contribution in [1.29, 1.82) is 0 Å². The van der Waals surface area contributed by atoms with Crippen LogP contribution in [0.2, 0.25) is 0 Å². The molecule has 0 aliphatic rings. The zero-order valence-corrected chi connectivity index (χ0v) is 10.9. The van der Waals surface area contributed by atoms with Crippen LogP contribution in [0.5, 0.6) is 0 Å². The Morgan fingerprint density at radius 1 is 1.19 bits per heavy atom. The monoisotopic (exact) mass is 227 g/mol. The van der Waals surface area contributed by atoms with Crippen molar-refractivity contribution in [3.63, 3.8) is 0 Å². The zero-order valence-electron chi connectivity index (χ0n) is 10.9. The minimum atomic E-state index is -0.103. The zero-order chi connectivity index (χ0) is 12.2. The molecule has 0 aliphatic heterocycles. The van der Waals surface area contributed by atoms with Gasteiger partial charge in [0.1, 0.15) is 0 Å². The number of rotatable bonds is 9. The number of likely N-dealkylation sites (N-methyl/N-ethyl adjacent to an activating group) is 1. The Bertz CT molecular complexity index is 202. The minimum absolute atomic E-state index is 0.103. The summed E-state index contributed by atoms with van der Waals surface area (Å²) in [5, 5.41) is 1.22. The normalized spacial score (nSPS) is 10.9. The summed E-state index contributed by atoms with van der Waals surface area (Å²) in [4.78, 5) is 16.0. The maximum absolute atomic E-state index is 11.3. The fraction of sp³-hybridized carbons (Fsp3) is 0.769.